The molecule has 2 aliphatic rings. The van der Waals surface area contributed by atoms with Crippen LogP contribution in [0.2, 0.25) is 0 Å². The van der Waals surface area contributed by atoms with Gasteiger partial charge in [-0.1, -0.05) is 6.42 Å². The molecule has 2 heterocycles. The number of piperidine rings is 1. The Bertz CT molecular complexity index is 167. The fourth-order valence-corrected chi connectivity index (χ4v) is 2.76. The van der Waals surface area contributed by atoms with Gasteiger partial charge in [0.05, 0.1) is 0 Å². The van der Waals surface area contributed by atoms with E-state index in [2.05, 4.69) is 17.1 Å². The maximum atomic E-state index is 3.65. The summed E-state index contributed by atoms with van der Waals surface area (Å²) in [5.74, 6) is 0. The lowest BCUT2D eigenvalue weighted by Crippen LogP contribution is -2.41. The van der Waals surface area contributed by atoms with Gasteiger partial charge in [0.1, 0.15) is 0 Å². The zero-order chi connectivity index (χ0) is 9.86. The molecule has 2 aliphatic heterocycles. The molecule has 82 valence electrons. The molecular weight excluding hydrogens is 172 g/mol. The fraction of sp³-hybridized carbons (Fsp3) is 1.00. The van der Waals surface area contributed by atoms with Gasteiger partial charge in [0.2, 0.25) is 0 Å². The Morgan fingerprint density at radius 1 is 1.14 bits per heavy atom. The molecule has 0 aromatic heterocycles. The average molecular weight is 196 g/mol. The summed E-state index contributed by atoms with van der Waals surface area (Å²) in [6.45, 7) is 7.62. The van der Waals surface area contributed by atoms with Crippen molar-refractivity contribution in [3.05, 3.63) is 0 Å². The molecule has 2 saturated heterocycles. The number of hydrogen-bond acceptors (Lipinski definition) is 2. The number of nitrogens with zero attached hydrogens (tertiary/aromatic N) is 1. The Morgan fingerprint density at radius 3 is 2.57 bits per heavy atom. The summed E-state index contributed by atoms with van der Waals surface area (Å²) in [6.07, 6.45) is 8.38. The predicted octanol–water partition coefficient (Wildman–Crippen LogP) is 2.00. The largest absolute Gasteiger partial charge is 0.311 e. The smallest absolute Gasteiger partial charge is 0.0166 e. The van der Waals surface area contributed by atoms with Crippen molar-refractivity contribution >= 4 is 0 Å². The van der Waals surface area contributed by atoms with Gasteiger partial charge >= 0.3 is 0 Å². The van der Waals surface area contributed by atoms with E-state index in [1.54, 1.807) is 0 Å². The Labute approximate surface area is 88.1 Å². The Kier molecular flexibility index (Phi) is 3.45. The third kappa shape index (κ3) is 2.71. The van der Waals surface area contributed by atoms with E-state index in [-0.39, 0.29) is 0 Å². The molecule has 0 spiro atoms. The van der Waals surface area contributed by atoms with Crippen molar-refractivity contribution in [2.45, 2.75) is 51.0 Å². The van der Waals surface area contributed by atoms with Gasteiger partial charge in [-0.25, -0.2) is 0 Å². The minimum absolute atomic E-state index is 0.456. The highest BCUT2D eigenvalue weighted by Gasteiger charge is 2.28. The lowest BCUT2D eigenvalue weighted by molar-refractivity contribution is 0.202. The predicted molar refractivity (Wildman–Crippen MR) is 60.5 cm³/mol. The summed E-state index contributed by atoms with van der Waals surface area (Å²) < 4.78 is 0. The van der Waals surface area contributed by atoms with E-state index in [1.807, 2.05) is 0 Å². The molecule has 2 heteroatoms. The lowest BCUT2D eigenvalue weighted by Gasteiger charge is -2.31. The fourth-order valence-electron chi connectivity index (χ4n) is 2.76. The van der Waals surface area contributed by atoms with Crippen LogP contribution in [0.25, 0.3) is 0 Å². The van der Waals surface area contributed by atoms with Gasteiger partial charge in [-0.15, -0.1) is 0 Å². The molecule has 0 aromatic carbocycles. The number of likely N-dealkylation sites (tertiary alicyclic amines) is 1. The van der Waals surface area contributed by atoms with Crippen LogP contribution < -0.4 is 5.32 Å². The van der Waals surface area contributed by atoms with Gasteiger partial charge in [0.15, 0.2) is 0 Å². The maximum Gasteiger partial charge on any atom is 0.0166 e. The molecule has 0 saturated carbocycles. The van der Waals surface area contributed by atoms with Crippen LogP contribution >= 0.6 is 0 Å². The minimum Gasteiger partial charge on any atom is -0.311 e. The molecule has 0 amide bonds. The van der Waals surface area contributed by atoms with Crippen molar-refractivity contribution in [3.8, 4) is 0 Å². The molecule has 2 fully saturated rings. The number of rotatable bonds is 3. The summed E-state index contributed by atoms with van der Waals surface area (Å²) >= 11 is 0. The average Bonchev–Trinajstić information content (AvgIpc) is 2.65. The highest BCUT2D eigenvalue weighted by molar-refractivity contribution is 4.89. The van der Waals surface area contributed by atoms with Crippen LogP contribution in [0.3, 0.4) is 0 Å². The van der Waals surface area contributed by atoms with Crippen molar-refractivity contribution in [1.29, 1.82) is 0 Å². The van der Waals surface area contributed by atoms with Crippen LogP contribution in [-0.4, -0.2) is 36.6 Å². The Balaban J connectivity index is 1.70. The summed E-state index contributed by atoms with van der Waals surface area (Å²) in [4.78, 5) is 2.65. The van der Waals surface area contributed by atoms with Gasteiger partial charge in [-0.3, -0.25) is 0 Å². The third-order valence-corrected chi connectivity index (χ3v) is 3.89. The molecule has 2 rings (SSSR count). The van der Waals surface area contributed by atoms with Gasteiger partial charge in [0.25, 0.3) is 0 Å². The molecule has 0 aliphatic carbocycles. The zero-order valence-electron chi connectivity index (χ0n) is 9.52. The highest BCUT2D eigenvalue weighted by Crippen LogP contribution is 2.23. The van der Waals surface area contributed by atoms with Gasteiger partial charge < -0.3 is 10.2 Å². The lowest BCUT2D eigenvalue weighted by atomic mass is 9.95. The second kappa shape index (κ2) is 4.63. The molecule has 1 unspecified atom stereocenters. The van der Waals surface area contributed by atoms with Crippen LogP contribution in [0.1, 0.15) is 45.4 Å². The molecule has 0 bridgehead atoms. The first-order chi connectivity index (χ1) is 6.79. The zero-order valence-corrected chi connectivity index (χ0v) is 9.52. The number of hydrogen-bond donors (Lipinski definition) is 1. The summed E-state index contributed by atoms with van der Waals surface area (Å²) in [5.41, 5.74) is 0.456. The van der Waals surface area contributed by atoms with Crippen LogP contribution in [0.15, 0.2) is 0 Å². The summed E-state index contributed by atoms with van der Waals surface area (Å²) in [7, 11) is 0. The molecule has 0 aromatic rings. The quantitative estimate of drug-likeness (QED) is 0.743. The molecule has 1 N–H and O–H groups in total. The van der Waals surface area contributed by atoms with E-state index in [9.17, 15) is 0 Å². The second-order valence-corrected chi connectivity index (χ2v) is 5.24. The van der Waals surface area contributed by atoms with E-state index >= 15 is 0 Å². The highest BCUT2D eigenvalue weighted by atomic mass is 15.1. The molecule has 14 heavy (non-hydrogen) atoms. The SMILES string of the molecule is CC1(CCN2CCCCC2)CCCN1. The van der Waals surface area contributed by atoms with Crippen molar-refractivity contribution in [2.75, 3.05) is 26.2 Å². The van der Waals surface area contributed by atoms with Gasteiger partial charge in [-0.2, -0.15) is 0 Å². The second-order valence-electron chi connectivity index (χ2n) is 5.24. The molecule has 2 nitrogen and oxygen atoms in total. The van der Waals surface area contributed by atoms with E-state index in [4.69, 9.17) is 0 Å². The van der Waals surface area contributed by atoms with E-state index in [0.717, 1.165) is 0 Å². The topological polar surface area (TPSA) is 15.3 Å². The van der Waals surface area contributed by atoms with Crippen molar-refractivity contribution < 1.29 is 0 Å². The monoisotopic (exact) mass is 196 g/mol. The van der Waals surface area contributed by atoms with Gasteiger partial charge in [0, 0.05) is 5.54 Å². The minimum atomic E-state index is 0.456. The maximum absolute atomic E-state index is 3.65. The van der Waals surface area contributed by atoms with Crippen LogP contribution in [0.4, 0.5) is 0 Å². The van der Waals surface area contributed by atoms with E-state index in [0.29, 0.717) is 5.54 Å². The standard InChI is InChI=1S/C12H24N2/c1-12(6-5-8-13-12)7-11-14-9-3-2-4-10-14/h13H,2-11H2,1H3. The molecular formula is C12H24N2. The van der Waals surface area contributed by atoms with E-state index < -0.39 is 0 Å². The summed E-state index contributed by atoms with van der Waals surface area (Å²) in [5, 5.41) is 3.65. The first kappa shape index (κ1) is 10.4. The van der Waals surface area contributed by atoms with Crippen LogP contribution in [-0.2, 0) is 0 Å². The normalized spacial score (nSPS) is 34.9. The van der Waals surface area contributed by atoms with E-state index in [1.165, 1.54) is 64.7 Å². The molecule has 0 radical (unpaired) electrons. The van der Waals surface area contributed by atoms with Crippen LogP contribution in [0.5, 0.6) is 0 Å². The van der Waals surface area contributed by atoms with Crippen molar-refractivity contribution in [2.24, 2.45) is 0 Å². The van der Waals surface area contributed by atoms with Crippen molar-refractivity contribution in [1.82, 2.24) is 10.2 Å². The van der Waals surface area contributed by atoms with Gasteiger partial charge in [-0.05, 0) is 65.2 Å². The summed E-state index contributed by atoms with van der Waals surface area (Å²) in [6, 6.07) is 0. The Hall–Kier alpha value is -0.0800. The Morgan fingerprint density at radius 2 is 1.93 bits per heavy atom. The van der Waals surface area contributed by atoms with Crippen molar-refractivity contribution in [3.63, 3.8) is 0 Å². The molecule has 1 atom stereocenters. The first-order valence-electron chi connectivity index (χ1n) is 6.26. The van der Waals surface area contributed by atoms with Crippen LogP contribution in [0, 0.1) is 0 Å². The number of nitrogens with one attached hydrogen (secondary N) is 1. The third-order valence-electron chi connectivity index (χ3n) is 3.89. The first-order valence-corrected chi connectivity index (χ1v) is 6.26.